The fourth-order valence-electron chi connectivity index (χ4n) is 4.00. The number of rotatable bonds is 14. The SMILES string of the molecule is C=C(C)C(=O)OCOc1ccc(C=CC(=O)OC2CCC(OC(=O)C=Cc3ccc(OCOC(=O)C(=C)C)cc3F)CC2)c(F)c1. The molecule has 1 aliphatic rings. The van der Waals surface area contributed by atoms with E-state index in [9.17, 15) is 28.0 Å². The maximum Gasteiger partial charge on any atom is 0.335 e. The Morgan fingerprint density at radius 3 is 1.39 bits per heavy atom. The summed E-state index contributed by atoms with van der Waals surface area (Å²) in [6, 6.07) is 7.89. The Bertz CT molecular complexity index is 1410. The summed E-state index contributed by atoms with van der Waals surface area (Å²) in [6.07, 6.45) is 5.78. The number of esters is 4. The topological polar surface area (TPSA) is 124 Å². The van der Waals surface area contributed by atoms with Crippen molar-refractivity contribution >= 4 is 36.0 Å². The van der Waals surface area contributed by atoms with Gasteiger partial charge in [-0.3, -0.25) is 0 Å². The van der Waals surface area contributed by atoms with Crippen LogP contribution in [0.4, 0.5) is 8.78 Å². The van der Waals surface area contributed by atoms with Crippen molar-refractivity contribution < 1.29 is 56.4 Å². The first-order valence-electron chi connectivity index (χ1n) is 14.2. The molecule has 0 aromatic heterocycles. The normalized spacial score (nSPS) is 16.0. The Kier molecular flexibility index (Phi) is 13.2. The highest BCUT2D eigenvalue weighted by molar-refractivity contribution is 5.88. The molecular weight excluding hydrogens is 606 g/mol. The Morgan fingerprint density at radius 2 is 1.07 bits per heavy atom. The highest BCUT2D eigenvalue weighted by Crippen LogP contribution is 2.25. The second-order valence-corrected chi connectivity index (χ2v) is 10.3. The molecule has 0 bridgehead atoms. The quantitative estimate of drug-likeness (QED) is 0.105. The minimum atomic E-state index is -0.656. The van der Waals surface area contributed by atoms with Crippen LogP contribution in [0.5, 0.6) is 11.5 Å². The van der Waals surface area contributed by atoms with Gasteiger partial charge in [0.2, 0.25) is 13.6 Å². The van der Waals surface area contributed by atoms with Crippen LogP contribution in [0.15, 0.2) is 72.9 Å². The molecule has 1 aliphatic carbocycles. The number of ether oxygens (including phenoxy) is 6. The van der Waals surface area contributed by atoms with Crippen molar-refractivity contribution in [3.63, 3.8) is 0 Å². The number of hydrogen-bond acceptors (Lipinski definition) is 10. The molecule has 2 aromatic carbocycles. The van der Waals surface area contributed by atoms with E-state index in [2.05, 4.69) is 13.2 Å². The van der Waals surface area contributed by atoms with Crippen LogP contribution in [-0.4, -0.2) is 49.7 Å². The van der Waals surface area contributed by atoms with E-state index < -0.39 is 61.3 Å². The summed E-state index contributed by atoms with van der Waals surface area (Å²) in [5.74, 6) is -3.61. The Hall–Kier alpha value is -5.26. The first-order valence-corrected chi connectivity index (χ1v) is 14.2. The highest BCUT2D eigenvalue weighted by atomic mass is 19.1. The number of carbonyl (C=O) groups is 4. The lowest BCUT2D eigenvalue weighted by Crippen LogP contribution is -2.29. The maximum atomic E-state index is 14.4. The van der Waals surface area contributed by atoms with E-state index in [0.717, 1.165) is 24.3 Å². The molecule has 0 unspecified atom stereocenters. The zero-order valence-electron chi connectivity index (χ0n) is 25.4. The van der Waals surface area contributed by atoms with Crippen molar-refractivity contribution in [2.45, 2.75) is 51.7 Å². The van der Waals surface area contributed by atoms with E-state index in [4.69, 9.17) is 28.4 Å². The van der Waals surface area contributed by atoms with E-state index in [0.29, 0.717) is 25.7 Å². The number of halogens is 2. The van der Waals surface area contributed by atoms with Gasteiger partial charge in [0.1, 0.15) is 35.3 Å². The summed E-state index contributed by atoms with van der Waals surface area (Å²) in [4.78, 5) is 47.3. The van der Waals surface area contributed by atoms with E-state index >= 15 is 0 Å². The van der Waals surface area contributed by atoms with Gasteiger partial charge in [0.15, 0.2) is 0 Å². The molecule has 10 nitrogen and oxygen atoms in total. The predicted octanol–water partition coefficient (Wildman–Crippen LogP) is 6.00. The van der Waals surface area contributed by atoms with Gasteiger partial charge >= 0.3 is 23.9 Å². The Labute approximate surface area is 264 Å². The van der Waals surface area contributed by atoms with Gasteiger partial charge in [-0.1, -0.05) is 13.2 Å². The summed E-state index contributed by atoms with van der Waals surface area (Å²) in [5, 5.41) is 0. The summed E-state index contributed by atoms with van der Waals surface area (Å²) in [6.45, 7) is 9.04. The molecule has 244 valence electrons. The van der Waals surface area contributed by atoms with Gasteiger partial charge in [-0.15, -0.1) is 0 Å². The van der Waals surface area contributed by atoms with Gasteiger partial charge in [-0.25, -0.2) is 28.0 Å². The van der Waals surface area contributed by atoms with Gasteiger partial charge < -0.3 is 28.4 Å². The third-order valence-electron chi connectivity index (χ3n) is 6.46. The second kappa shape index (κ2) is 17.3. The predicted molar refractivity (Wildman–Crippen MR) is 162 cm³/mol. The number of hydrogen-bond donors (Lipinski definition) is 0. The molecule has 0 aliphatic heterocycles. The standard InChI is InChI=1S/C34H34F2O10/c1-21(2)33(39)43-19-41-27-9-5-23(29(35)17-27)7-15-31(37)45-25-11-13-26(14-12-25)46-32(38)16-8-24-6-10-28(18-30(24)36)42-20-44-34(40)22(3)4/h5-10,15-18,25-26H,1,3,11-14,19-20H2,2,4H3. The lowest BCUT2D eigenvalue weighted by Gasteiger charge is -2.27. The van der Waals surface area contributed by atoms with Crippen molar-refractivity contribution in [2.24, 2.45) is 0 Å². The van der Waals surface area contributed by atoms with Gasteiger partial charge in [-0.05, 0) is 75.9 Å². The van der Waals surface area contributed by atoms with Crippen LogP contribution in [0, 0.1) is 11.6 Å². The molecule has 0 saturated heterocycles. The van der Waals surface area contributed by atoms with Crippen LogP contribution in [0.3, 0.4) is 0 Å². The Balaban J connectivity index is 1.38. The first-order chi connectivity index (χ1) is 21.9. The van der Waals surface area contributed by atoms with Crippen molar-refractivity contribution in [2.75, 3.05) is 13.6 Å². The Morgan fingerprint density at radius 1 is 0.696 bits per heavy atom. The number of carbonyl (C=O) groups excluding carboxylic acids is 4. The van der Waals surface area contributed by atoms with E-state index in [1.807, 2.05) is 0 Å². The van der Waals surface area contributed by atoms with E-state index in [1.54, 1.807) is 0 Å². The monoisotopic (exact) mass is 640 g/mol. The fourth-order valence-corrected chi connectivity index (χ4v) is 4.00. The lowest BCUT2D eigenvalue weighted by molar-refractivity contribution is -0.151. The summed E-state index contributed by atoms with van der Waals surface area (Å²) in [5.41, 5.74) is 0.656. The molecule has 0 radical (unpaired) electrons. The molecule has 0 N–H and O–H groups in total. The molecule has 0 spiro atoms. The average Bonchev–Trinajstić information content (AvgIpc) is 3.01. The molecule has 2 aromatic rings. The van der Waals surface area contributed by atoms with Gasteiger partial charge in [0.25, 0.3) is 0 Å². The molecule has 0 amide bonds. The largest absolute Gasteiger partial charge is 0.459 e. The van der Waals surface area contributed by atoms with Gasteiger partial charge in [0.05, 0.1) is 0 Å². The van der Waals surface area contributed by atoms with Crippen LogP contribution >= 0.6 is 0 Å². The molecule has 46 heavy (non-hydrogen) atoms. The molecule has 0 heterocycles. The molecule has 3 rings (SSSR count). The van der Waals surface area contributed by atoms with Crippen molar-refractivity contribution in [3.05, 3.63) is 95.6 Å². The zero-order valence-corrected chi connectivity index (χ0v) is 25.4. The van der Waals surface area contributed by atoms with Crippen molar-refractivity contribution in [1.29, 1.82) is 0 Å². The van der Waals surface area contributed by atoms with Crippen LogP contribution < -0.4 is 9.47 Å². The average molecular weight is 641 g/mol. The summed E-state index contributed by atoms with van der Waals surface area (Å²) >= 11 is 0. The molecule has 1 saturated carbocycles. The summed E-state index contributed by atoms with van der Waals surface area (Å²) < 4.78 is 59.6. The molecule has 12 heteroatoms. The van der Waals surface area contributed by atoms with Crippen molar-refractivity contribution in [3.8, 4) is 11.5 Å². The maximum absolute atomic E-state index is 14.4. The van der Waals surface area contributed by atoms with Crippen molar-refractivity contribution in [1.82, 2.24) is 0 Å². The molecule has 0 atom stereocenters. The zero-order chi connectivity index (χ0) is 33.6. The minimum absolute atomic E-state index is 0.123. The van der Waals surface area contributed by atoms with Crippen LogP contribution in [0.2, 0.25) is 0 Å². The van der Waals surface area contributed by atoms with Crippen LogP contribution in [0.25, 0.3) is 12.2 Å². The van der Waals surface area contributed by atoms with E-state index in [-0.39, 0.29) is 33.8 Å². The first kappa shape index (κ1) is 35.2. The van der Waals surface area contributed by atoms with Crippen LogP contribution in [-0.2, 0) is 38.1 Å². The highest BCUT2D eigenvalue weighted by Gasteiger charge is 2.25. The molecule has 1 fully saturated rings. The summed E-state index contributed by atoms with van der Waals surface area (Å²) in [7, 11) is 0. The third kappa shape index (κ3) is 11.7. The van der Waals surface area contributed by atoms with Crippen LogP contribution in [0.1, 0.15) is 50.7 Å². The second-order valence-electron chi connectivity index (χ2n) is 10.3. The van der Waals surface area contributed by atoms with E-state index in [1.165, 1.54) is 50.3 Å². The smallest absolute Gasteiger partial charge is 0.335 e. The minimum Gasteiger partial charge on any atom is -0.459 e. The third-order valence-corrected chi connectivity index (χ3v) is 6.46. The number of benzene rings is 2. The lowest BCUT2D eigenvalue weighted by atomic mass is 9.95. The van der Waals surface area contributed by atoms with Gasteiger partial charge in [-0.2, -0.15) is 0 Å². The molecular formula is C34H34F2O10. The fraction of sp³-hybridized carbons (Fsp3) is 0.294. The van der Waals surface area contributed by atoms with Gasteiger partial charge in [0, 0.05) is 46.6 Å².